The van der Waals surface area contributed by atoms with Crippen LogP contribution in [-0.4, -0.2) is 43.3 Å². The first-order valence-corrected chi connectivity index (χ1v) is 8.86. The lowest BCUT2D eigenvalue weighted by atomic mass is 10.3. The van der Waals surface area contributed by atoms with Crippen LogP contribution in [0.4, 0.5) is 0 Å². The van der Waals surface area contributed by atoms with E-state index in [0.29, 0.717) is 12.4 Å². The first kappa shape index (κ1) is 18.8. The number of rotatable bonds is 10. The van der Waals surface area contributed by atoms with Gasteiger partial charge >= 0.3 is 0 Å². The fourth-order valence-corrected chi connectivity index (χ4v) is 4.33. The zero-order chi connectivity index (χ0) is 16.5. The second kappa shape index (κ2) is 9.70. The number of hydrogen-bond donors (Lipinski definition) is 2. The Morgan fingerprint density at radius 2 is 2.27 bits per heavy atom. The highest BCUT2D eigenvalue weighted by molar-refractivity contribution is 8.01. The van der Waals surface area contributed by atoms with Crippen molar-refractivity contribution in [1.82, 2.24) is 15.5 Å². The monoisotopic (exact) mass is 344 g/mol. The number of nitrogens with zero attached hydrogens (tertiary/aromatic N) is 2. The molecule has 0 aliphatic heterocycles. The minimum absolute atomic E-state index is 0.440. The van der Waals surface area contributed by atoms with E-state index in [4.69, 9.17) is 0 Å². The molecule has 0 aliphatic carbocycles. The van der Waals surface area contributed by atoms with Crippen molar-refractivity contribution in [3.8, 4) is 0 Å². The summed E-state index contributed by atoms with van der Waals surface area (Å²) < 4.78 is 1.34. The quantitative estimate of drug-likeness (QED) is 0.294. The Bertz CT molecular complexity index is 515. The van der Waals surface area contributed by atoms with Crippen LogP contribution in [0.2, 0.25) is 0 Å². The topological polar surface area (TPSA) is 70.4 Å². The maximum Gasteiger partial charge on any atom is 0.274 e. The molecule has 0 bridgehead atoms. The van der Waals surface area contributed by atoms with Gasteiger partial charge in [0.25, 0.3) is 6.20 Å². The maximum atomic E-state index is 10.4. The van der Waals surface area contributed by atoms with E-state index in [2.05, 4.69) is 42.6 Å². The molecule has 0 amide bonds. The van der Waals surface area contributed by atoms with Gasteiger partial charge in [-0.25, -0.2) is 0 Å². The van der Waals surface area contributed by atoms with Gasteiger partial charge in [-0.15, -0.1) is 23.1 Å². The average molecular weight is 345 g/mol. The molecule has 0 unspecified atom stereocenters. The fraction of sp³-hybridized carbons (Fsp3) is 0.571. The predicted octanol–water partition coefficient (Wildman–Crippen LogP) is 2.48. The van der Waals surface area contributed by atoms with Crippen LogP contribution in [0.1, 0.15) is 16.9 Å². The molecule has 2 N–H and O–H groups in total. The normalized spacial score (nSPS) is 11.8. The van der Waals surface area contributed by atoms with Crippen molar-refractivity contribution >= 4 is 23.1 Å². The molecule has 0 aliphatic rings. The maximum absolute atomic E-state index is 10.4. The van der Waals surface area contributed by atoms with Gasteiger partial charge in [0.15, 0.2) is 5.82 Å². The van der Waals surface area contributed by atoms with Crippen molar-refractivity contribution in [3.05, 3.63) is 38.6 Å². The lowest BCUT2D eigenvalue weighted by Crippen LogP contribution is -2.25. The van der Waals surface area contributed by atoms with Crippen LogP contribution in [-0.2, 0) is 6.54 Å². The molecular weight excluding hydrogens is 320 g/mol. The smallest absolute Gasteiger partial charge is 0.274 e. The Kier molecular flexibility index (Phi) is 8.29. The molecule has 1 rings (SSSR count). The van der Waals surface area contributed by atoms with E-state index in [0.717, 1.165) is 24.9 Å². The van der Waals surface area contributed by atoms with E-state index in [1.54, 1.807) is 7.05 Å². The van der Waals surface area contributed by atoms with Gasteiger partial charge < -0.3 is 15.5 Å². The number of hydrogen-bond acceptors (Lipinski definition) is 7. The third-order valence-electron chi connectivity index (χ3n) is 2.84. The molecule has 1 aromatic heterocycles. The number of aryl methyl sites for hydroxylation is 1. The van der Waals surface area contributed by atoms with Crippen molar-refractivity contribution in [2.24, 2.45) is 0 Å². The van der Waals surface area contributed by atoms with Crippen LogP contribution in [0.25, 0.3) is 0 Å². The molecule has 1 heterocycles. The molecule has 6 nitrogen and oxygen atoms in total. The summed E-state index contributed by atoms with van der Waals surface area (Å²) in [5, 5.41) is 16.2. The SMILES string of the molecule is CNC(=C[N+](=O)[O-])NCCCSc1cc(C)c(CN(C)C)s1. The lowest BCUT2D eigenvalue weighted by Gasteiger charge is -2.08. The highest BCUT2D eigenvalue weighted by Crippen LogP contribution is 2.31. The van der Waals surface area contributed by atoms with Crippen LogP contribution < -0.4 is 10.6 Å². The van der Waals surface area contributed by atoms with E-state index < -0.39 is 4.92 Å². The van der Waals surface area contributed by atoms with Crippen molar-refractivity contribution in [2.75, 3.05) is 33.4 Å². The third-order valence-corrected chi connectivity index (χ3v) is 5.36. The number of thioether (sulfide) groups is 1. The van der Waals surface area contributed by atoms with Gasteiger partial charge in [-0.2, -0.15) is 0 Å². The van der Waals surface area contributed by atoms with Gasteiger partial charge in [-0.1, -0.05) is 0 Å². The molecule has 124 valence electrons. The highest BCUT2D eigenvalue weighted by atomic mass is 32.2. The summed E-state index contributed by atoms with van der Waals surface area (Å²) in [6.45, 7) is 3.85. The van der Waals surface area contributed by atoms with Gasteiger partial charge in [-0.05, 0) is 39.1 Å². The van der Waals surface area contributed by atoms with Gasteiger partial charge in [0.1, 0.15) is 0 Å². The predicted molar refractivity (Wildman–Crippen MR) is 93.9 cm³/mol. The van der Waals surface area contributed by atoms with E-state index >= 15 is 0 Å². The van der Waals surface area contributed by atoms with Crippen LogP contribution in [0.3, 0.4) is 0 Å². The third kappa shape index (κ3) is 7.15. The van der Waals surface area contributed by atoms with Crippen molar-refractivity contribution in [1.29, 1.82) is 0 Å². The fourth-order valence-electron chi connectivity index (χ4n) is 1.78. The zero-order valence-electron chi connectivity index (χ0n) is 13.5. The second-order valence-electron chi connectivity index (χ2n) is 5.12. The Hall–Kier alpha value is -1.25. The van der Waals surface area contributed by atoms with Crippen LogP contribution in [0, 0.1) is 17.0 Å². The molecule has 0 saturated heterocycles. The molecule has 22 heavy (non-hydrogen) atoms. The van der Waals surface area contributed by atoms with E-state index in [1.807, 2.05) is 23.1 Å². The summed E-state index contributed by atoms with van der Waals surface area (Å²) in [4.78, 5) is 13.5. The second-order valence-corrected chi connectivity index (χ2v) is 7.65. The number of thiophene rings is 1. The minimum Gasteiger partial charge on any atom is -0.370 e. The first-order chi connectivity index (χ1) is 10.4. The summed E-state index contributed by atoms with van der Waals surface area (Å²) in [5.74, 6) is 1.43. The number of nitro groups is 1. The number of nitrogens with one attached hydrogen (secondary N) is 2. The Balaban J connectivity index is 2.31. The molecule has 0 fully saturated rings. The molecule has 0 radical (unpaired) electrons. The first-order valence-electron chi connectivity index (χ1n) is 7.06. The molecule has 0 atom stereocenters. The van der Waals surface area contributed by atoms with Crippen LogP contribution in [0.15, 0.2) is 22.3 Å². The van der Waals surface area contributed by atoms with Gasteiger partial charge in [0, 0.05) is 30.8 Å². The molecule has 0 aromatic carbocycles. The average Bonchev–Trinajstić information content (AvgIpc) is 2.76. The zero-order valence-corrected chi connectivity index (χ0v) is 15.1. The molecule has 8 heteroatoms. The van der Waals surface area contributed by atoms with E-state index in [-0.39, 0.29) is 0 Å². The molecule has 0 spiro atoms. The van der Waals surface area contributed by atoms with Crippen LogP contribution in [0.5, 0.6) is 0 Å². The van der Waals surface area contributed by atoms with E-state index in [1.165, 1.54) is 14.6 Å². The van der Waals surface area contributed by atoms with Gasteiger partial charge in [-0.3, -0.25) is 10.1 Å². The highest BCUT2D eigenvalue weighted by Gasteiger charge is 2.07. The summed E-state index contributed by atoms with van der Waals surface area (Å²) in [6.07, 6.45) is 1.89. The Morgan fingerprint density at radius 1 is 1.55 bits per heavy atom. The van der Waals surface area contributed by atoms with Gasteiger partial charge in [0.05, 0.1) is 9.13 Å². The Labute approximate surface area is 140 Å². The van der Waals surface area contributed by atoms with Gasteiger partial charge in [0.2, 0.25) is 0 Å². The summed E-state index contributed by atoms with van der Waals surface area (Å²) in [6, 6.07) is 2.24. The summed E-state index contributed by atoms with van der Waals surface area (Å²) in [5.41, 5.74) is 1.35. The molecular formula is C14H24N4O2S2. The van der Waals surface area contributed by atoms with Crippen LogP contribution >= 0.6 is 23.1 Å². The van der Waals surface area contributed by atoms with Crippen molar-refractivity contribution < 1.29 is 4.92 Å². The lowest BCUT2D eigenvalue weighted by molar-refractivity contribution is -0.404. The standard InChI is InChI=1S/C14H24N4O2S2/c1-11-8-14(22-12(11)9-17(3)4)21-7-5-6-16-13(15-2)10-18(19)20/h8,10,15-16H,5-7,9H2,1-4H3. The van der Waals surface area contributed by atoms with E-state index in [9.17, 15) is 10.1 Å². The largest absolute Gasteiger partial charge is 0.370 e. The Morgan fingerprint density at radius 3 is 2.86 bits per heavy atom. The molecule has 1 aromatic rings. The van der Waals surface area contributed by atoms with Crippen molar-refractivity contribution in [2.45, 2.75) is 24.1 Å². The summed E-state index contributed by atoms with van der Waals surface area (Å²) in [7, 11) is 5.82. The summed E-state index contributed by atoms with van der Waals surface area (Å²) >= 11 is 3.69. The molecule has 0 saturated carbocycles. The minimum atomic E-state index is -0.464. The van der Waals surface area contributed by atoms with Crippen molar-refractivity contribution in [3.63, 3.8) is 0 Å².